The molecule has 0 saturated heterocycles. The van der Waals surface area contributed by atoms with E-state index in [1.165, 1.54) is 0 Å². The number of ether oxygens (including phenoxy) is 4. The van der Waals surface area contributed by atoms with Crippen LogP contribution in [-0.4, -0.2) is 73.2 Å². The Morgan fingerprint density at radius 2 is 1.02 bits per heavy atom. The van der Waals surface area contributed by atoms with Crippen LogP contribution in [0.2, 0.25) is 0 Å². The minimum Gasteiger partial charge on any atom is -0.467 e. The number of aromatic nitrogens is 2. The van der Waals surface area contributed by atoms with E-state index in [9.17, 15) is 19.2 Å². The Hall–Kier alpha value is -5.08. The fourth-order valence-electron chi connectivity index (χ4n) is 3.61. The molecule has 1 unspecified atom stereocenters. The summed E-state index contributed by atoms with van der Waals surface area (Å²) in [7, 11) is 2.32. The molecule has 0 bridgehead atoms. The summed E-state index contributed by atoms with van der Waals surface area (Å²) in [6.07, 6.45) is 0. The van der Waals surface area contributed by atoms with Crippen molar-refractivity contribution < 1.29 is 38.1 Å². The van der Waals surface area contributed by atoms with Crippen molar-refractivity contribution in [2.45, 2.75) is 25.3 Å². The minimum absolute atomic E-state index is 0.187. The number of amides is 2. The number of nitrogens with two attached hydrogens (primary N) is 2. The Balaban J connectivity index is 1.66. The lowest BCUT2D eigenvalue weighted by Gasteiger charge is -2.18. The summed E-state index contributed by atoms with van der Waals surface area (Å²) in [5, 5.41) is 4.85. The Morgan fingerprint density at radius 3 is 1.36 bits per heavy atom. The van der Waals surface area contributed by atoms with Gasteiger partial charge in [0.1, 0.15) is 0 Å². The first-order chi connectivity index (χ1) is 20.2. The molecule has 0 fully saturated rings. The van der Waals surface area contributed by atoms with E-state index in [2.05, 4.69) is 20.6 Å². The molecule has 1 aromatic heterocycles. The number of carbonyl (C=O) groups is 4. The maximum atomic E-state index is 12.9. The lowest BCUT2D eigenvalue weighted by atomic mass is 10.2. The average Bonchev–Trinajstić information content (AvgIpc) is 3.01. The third-order valence-electron chi connectivity index (χ3n) is 5.75. The summed E-state index contributed by atoms with van der Waals surface area (Å²) in [5.41, 5.74) is 12.7. The molecule has 6 N–H and O–H groups in total. The highest BCUT2D eigenvalue weighted by atomic mass is 16.5. The molecule has 14 heteroatoms. The van der Waals surface area contributed by atoms with E-state index in [0.717, 1.165) is 25.3 Å². The van der Waals surface area contributed by atoms with E-state index in [4.69, 9.17) is 30.4 Å². The molecule has 0 aliphatic rings. The van der Waals surface area contributed by atoms with Crippen LogP contribution in [0.25, 0.3) is 0 Å². The van der Waals surface area contributed by atoms with Crippen molar-refractivity contribution >= 4 is 35.4 Å². The van der Waals surface area contributed by atoms with Crippen molar-refractivity contribution in [3.8, 4) is 0 Å². The lowest BCUT2D eigenvalue weighted by Crippen LogP contribution is -2.46. The summed E-state index contributed by atoms with van der Waals surface area (Å²) < 4.78 is 20.6. The molecule has 0 spiro atoms. The number of methoxy groups -OCH3 is 2. The first kappa shape index (κ1) is 31.4. The zero-order valence-corrected chi connectivity index (χ0v) is 23.1. The van der Waals surface area contributed by atoms with Gasteiger partial charge in [0.15, 0.2) is 35.1 Å². The molecule has 0 radical (unpaired) electrons. The summed E-state index contributed by atoms with van der Waals surface area (Å²) in [4.78, 5) is 58.1. The first-order valence-corrected chi connectivity index (χ1v) is 12.7. The van der Waals surface area contributed by atoms with Gasteiger partial charge >= 0.3 is 11.9 Å². The highest BCUT2D eigenvalue weighted by molar-refractivity contribution is 6.02. The van der Waals surface area contributed by atoms with E-state index in [-0.39, 0.29) is 26.4 Å². The van der Waals surface area contributed by atoms with Crippen molar-refractivity contribution in [3.05, 3.63) is 83.2 Å². The molecule has 2 amide bonds. The van der Waals surface area contributed by atoms with Crippen LogP contribution in [0, 0.1) is 0 Å². The molecule has 14 nitrogen and oxygen atoms in total. The van der Waals surface area contributed by atoms with E-state index >= 15 is 0 Å². The number of carbonyl (C=O) groups excluding carboxylic acids is 4. The molecule has 1 heterocycles. The number of nitrogens with one attached hydrogen (secondary N) is 2. The maximum absolute atomic E-state index is 12.9. The van der Waals surface area contributed by atoms with Gasteiger partial charge in [-0.15, -0.1) is 0 Å². The number of hydrogen-bond donors (Lipinski definition) is 4. The van der Waals surface area contributed by atoms with Gasteiger partial charge in [0.25, 0.3) is 11.8 Å². The average molecular weight is 581 g/mol. The maximum Gasteiger partial charge on any atom is 0.330 e. The van der Waals surface area contributed by atoms with Crippen molar-refractivity contribution in [1.29, 1.82) is 0 Å². The fraction of sp³-hybridized carbons (Fsp3) is 0.286. The monoisotopic (exact) mass is 580 g/mol. The Bertz CT molecular complexity index is 1270. The van der Waals surface area contributed by atoms with Gasteiger partial charge < -0.3 is 41.0 Å². The second kappa shape index (κ2) is 15.6. The predicted molar refractivity (Wildman–Crippen MR) is 150 cm³/mol. The molecule has 0 saturated carbocycles. The molecular formula is C28H32N6O8. The summed E-state index contributed by atoms with van der Waals surface area (Å²) in [5.74, 6) is -4.24. The van der Waals surface area contributed by atoms with Gasteiger partial charge in [-0.2, -0.15) is 0 Å². The number of esters is 2. The van der Waals surface area contributed by atoms with Crippen LogP contribution in [0.4, 0.5) is 11.6 Å². The van der Waals surface area contributed by atoms with Gasteiger partial charge in [0, 0.05) is 0 Å². The van der Waals surface area contributed by atoms with E-state index in [1.54, 1.807) is 0 Å². The minimum atomic E-state index is -1.20. The Morgan fingerprint density at radius 1 is 0.667 bits per heavy atom. The summed E-state index contributed by atoms with van der Waals surface area (Å²) in [6, 6.07) is 16.0. The second-order valence-electron chi connectivity index (χ2n) is 8.79. The number of rotatable bonds is 14. The van der Waals surface area contributed by atoms with Gasteiger partial charge in [-0.1, -0.05) is 60.7 Å². The standard InChI is InChI=1S/C28H32N6O8/c1-39-27(37)19(15-41-13-17-9-5-3-6-10-17)31-25(35)21-23(29)34-22(24(30)33-21)26(36)32-20(28(38)40-2)16-42-14-18-11-7-4-8-12-18/h3-12,19-20H,13-16H2,1-2H3,(H2,30,33)(H2,29,34)(H,31,35)(H,32,36)/t19-,20?/m0/s1. The van der Waals surface area contributed by atoms with Crippen LogP contribution < -0.4 is 22.1 Å². The van der Waals surface area contributed by atoms with Crippen molar-refractivity contribution in [1.82, 2.24) is 20.6 Å². The predicted octanol–water partition coefficient (Wildman–Crippen LogP) is 0.617. The van der Waals surface area contributed by atoms with Gasteiger partial charge in [-0.25, -0.2) is 19.6 Å². The molecule has 2 aromatic carbocycles. The molecule has 222 valence electrons. The number of benzene rings is 2. The van der Waals surface area contributed by atoms with Crippen LogP contribution in [0.1, 0.15) is 32.1 Å². The first-order valence-electron chi connectivity index (χ1n) is 12.7. The zero-order valence-electron chi connectivity index (χ0n) is 23.1. The van der Waals surface area contributed by atoms with Gasteiger partial charge in [-0.05, 0) is 11.1 Å². The fourth-order valence-corrected chi connectivity index (χ4v) is 3.61. The van der Waals surface area contributed by atoms with Crippen molar-refractivity contribution in [2.24, 2.45) is 0 Å². The second-order valence-corrected chi connectivity index (χ2v) is 8.79. The van der Waals surface area contributed by atoms with Crippen LogP contribution in [0.3, 0.4) is 0 Å². The smallest absolute Gasteiger partial charge is 0.330 e. The molecular weight excluding hydrogens is 548 g/mol. The molecule has 2 atom stereocenters. The highest BCUT2D eigenvalue weighted by Crippen LogP contribution is 2.14. The number of nitrogen functional groups attached to an aromatic ring is 2. The molecule has 0 aliphatic heterocycles. The van der Waals surface area contributed by atoms with Crippen LogP contribution in [0.5, 0.6) is 0 Å². The van der Waals surface area contributed by atoms with Gasteiger partial charge in [-0.3, -0.25) is 9.59 Å². The topological polar surface area (TPSA) is 207 Å². The lowest BCUT2D eigenvalue weighted by molar-refractivity contribution is -0.145. The van der Waals surface area contributed by atoms with Crippen LogP contribution in [0.15, 0.2) is 60.7 Å². The van der Waals surface area contributed by atoms with E-state index < -0.39 is 58.9 Å². The summed E-state index contributed by atoms with van der Waals surface area (Å²) >= 11 is 0. The van der Waals surface area contributed by atoms with Gasteiger partial charge in [0.2, 0.25) is 0 Å². The molecule has 3 aromatic rings. The van der Waals surface area contributed by atoms with Crippen molar-refractivity contribution in [2.75, 3.05) is 38.9 Å². The summed E-state index contributed by atoms with van der Waals surface area (Å²) in [6.45, 7) is -0.0463. The third kappa shape index (κ3) is 8.97. The van der Waals surface area contributed by atoms with Crippen molar-refractivity contribution in [3.63, 3.8) is 0 Å². The highest BCUT2D eigenvalue weighted by Gasteiger charge is 2.28. The van der Waals surface area contributed by atoms with Crippen LogP contribution in [-0.2, 0) is 41.8 Å². The largest absolute Gasteiger partial charge is 0.467 e. The zero-order chi connectivity index (χ0) is 30.5. The quantitative estimate of drug-likeness (QED) is 0.194. The molecule has 3 rings (SSSR count). The Labute approximate surface area is 241 Å². The molecule has 0 aliphatic carbocycles. The third-order valence-corrected chi connectivity index (χ3v) is 5.75. The number of anilines is 2. The normalized spacial score (nSPS) is 12.0. The van der Waals surface area contributed by atoms with Crippen LogP contribution >= 0.6 is 0 Å². The van der Waals surface area contributed by atoms with E-state index in [0.29, 0.717) is 0 Å². The Kier molecular flexibility index (Phi) is 11.7. The van der Waals surface area contributed by atoms with E-state index in [1.807, 2.05) is 60.7 Å². The van der Waals surface area contributed by atoms with Gasteiger partial charge in [0.05, 0.1) is 40.6 Å². The molecule has 42 heavy (non-hydrogen) atoms. The number of hydrogen-bond acceptors (Lipinski definition) is 12. The number of nitrogens with zero attached hydrogens (tertiary/aromatic N) is 2. The SMILES string of the molecule is COC(=O)C(COCc1ccccc1)NC(=O)c1nc(N)c(C(=O)N[C@@H](COCc2ccccc2)C(=O)OC)nc1N.